The first kappa shape index (κ1) is 16.9. The Balaban J connectivity index is 1.93. The van der Waals surface area contributed by atoms with E-state index in [0.29, 0.717) is 5.69 Å². The van der Waals surface area contributed by atoms with Crippen LogP contribution in [0.15, 0.2) is 60.7 Å². The summed E-state index contributed by atoms with van der Waals surface area (Å²) in [5.74, 6) is -0.903. The number of hydrogen-bond donors (Lipinski definition) is 1. The number of nitrogens with one attached hydrogen (secondary N) is 1. The van der Waals surface area contributed by atoms with Crippen LogP contribution in [0, 0.1) is 0 Å². The van der Waals surface area contributed by atoms with Gasteiger partial charge in [-0.1, -0.05) is 48.5 Å². The smallest absolute Gasteiger partial charge is 0.409 e. The van der Waals surface area contributed by atoms with Gasteiger partial charge in [0.2, 0.25) is 0 Å². The fraction of sp³-hybridized carbons (Fsp3) is 0.235. The van der Waals surface area contributed by atoms with Crippen molar-refractivity contribution in [1.29, 1.82) is 0 Å². The molecule has 6 heteroatoms. The lowest BCUT2D eigenvalue weighted by atomic mass is 10.2. The predicted octanol–water partition coefficient (Wildman–Crippen LogP) is 4.16. The number of alkyl halides is 3. The molecule has 23 heavy (non-hydrogen) atoms. The molecule has 122 valence electrons. The van der Waals surface area contributed by atoms with Crippen molar-refractivity contribution in [3.05, 3.63) is 66.2 Å². The average Bonchev–Trinajstić information content (AvgIpc) is 2.53. The van der Waals surface area contributed by atoms with Gasteiger partial charge in [-0.05, 0) is 17.7 Å². The third-order valence-corrected chi connectivity index (χ3v) is 3.12. The molecule has 2 aromatic carbocycles. The van der Waals surface area contributed by atoms with Crippen LogP contribution in [0.3, 0.4) is 0 Å². The Bertz CT molecular complexity index is 615. The Morgan fingerprint density at radius 1 is 1.00 bits per heavy atom. The van der Waals surface area contributed by atoms with Crippen molar-refractivity contribution in [3.8, 4) is 0 Å². The summed E-state index contributed by atoms with van der Waals surface area (Å²) in [5, 5.41) is 2.32. The summed E-state index contributed by atoms with van der Waals surface area (Å²) in [5.41, 5.74) is 1.02. The fourth-order valence-electron chi connectivity index (χ4n) is 1.95. The molecule has 2 aromatic rings. The molecular weight excluding hydrogens is 307 g/mol. The lowest BCUT2D eigenvalue weighted by molar-refractivity contribution is -0.162. The molecular formula is C17H16F3NO2. The number of carbonyl (C=O) groups excluding carboxylic acids is 1. The van der Waals surface area contributed by atoms with Crippen molar-refractivity contribution in [2.75, 3.05) is 5.32 Å². The van der Waals surface area contributed by atoms with Crippen molar-refractivity contribution in [3.63, 3.8) is 0 Å². The second-order valence-electron chi connectivity index (χ2n) is 4.95. The van der Waals surface area contributed by atoms with Crippen molar-refractivity contribution in [2.45, 2.75) is 25.2 Å². The third-order valence-electron chi connectivity index (χ3n) is 3.12. The zero-order valence-corrected chi connectivity index (χ0v) is 12.2. The van der Waals surface area contributed by atoms with E-state index < -0.39 is 24.6 Å². The third kappa shape index (κ3) is 5.65. The molecule has 1 N–H and O–H groups in total. The van der Waals surface area contributed by atoms with Crippen LogP contribution in [0.2, 0.25) is 0 Å². The monoisotopic (exact) mass is 323 g/mol. The highest BCUT2D eigenvalue weighted by molar-refractivity contribution is 5.71. The molecule has 0 saturated carbocycles. The van der Waals surface area contributed by atoms with Crippen LogP contribution in [0.1, 0.15) is 12.0 Å². The standard InChI is InChI=1S/C17H16F3NO2/c18-17(19,20)15(21-14-9-5-2-6-10-14)11-16(22)23-12-13-7-3-1-4-8-13/h1-10,15,21H,11-12H2/t15-/m1/s1. The summed E-state index contributed by atoms with van der Waals surface area (Å²) in [7, 11) is 0. The molecule has 0 spiro atoms. The van der Waals surface area contributed by atoms with Crippen molar-refractivity contribution in [2.24, 2.45) is 0 Å². The van der Waals surface area contributed by atoms with Gasteiger partial charge in [0.25, 0.3) is 0 Å². The molecule has 3 nitrogen and oxygen atoms in total. The van der Waals surface area contributed by atoms with E-state index in [1.807, 2.05) is 0 Å². The van der Waals surface area contributed by atoms with Gasteiger partial charge in [0.15, 0.2) is 0 Å². The van der Waals surface area contributed by atoms with Gasteiger partial charge in [-0.3, -0.25) is 4.79 Å². The second-order valence-corrected chi connectivity index (χ2v) is 4.95. The van der Waals surface area contributed by atoms with Gasteiger partial charge in [-0.15, -0.1) is 0 Å². The first-order chi connectivity index (χ1) is 10.9. The van der Waals surface area contributed by atoms with E-state index >= 15 is 0 Å². The molecule has 2 rings (SSSR count). The lowest BCUT2D eigenvalue weighted by Gasteiger charge is -2.22. The van der Waals surface area contributed by atoms with Gasteiger partial charge < -0.3 is 10.1 Å². The van der Waals surface area contributed by atoms with Crippen molar-refractivity contribution < 1.29 is 22.7 Å². The molecule has 0 aromatic heterocycles. The van der Waals surface area contributed by atoms with Crippen molar-refractivity contribution >= 4 is 11.7 Å². The minimum Gasteiger partial charge on any atom is -0.461 e. The number of carbonyl (C=O) groups is 1. The summed E-state index contributed by atoms with van der Waals surface area (Å²) in [6, 6.07) is 14.7. The Labute approximate surface area is 132 Å². The lowest BCUT2D eigenvalue weighted by Crippen LogP contribution is -2.38. The molecule has 0 heterocycles. The Morgan fingerprint density at radius 3 is 2.13 bits per heavy atom. The van der Waals surface area contributed by atoms with E-state index in [-0.39, 0.29) is 6.61 Å². The maximum Gasteiger partial charge on any atom is 0.409 e. The van der Waals surface area contributed by atoms with Gasteiger partial charge >= 0.3 is 12.1 Å². The molecule has 1 atom stereocenters. The van der Waals surface area contributed by atoms with E-state index in [9.17, 15) is 18.0 Å². The Morgan fingerprint density at radius 2 is 1.57 bits per heavy atom. The number of rotatable bonds is 6. The van der Waals surface area contributed by atoms with Crippen LogP contribution < -0.4 is 5.32 Å². The van der Waals surface area contributed by atoms with Gasteiger partial charge in [0.05, 0.1) is 6.42 Å². The number of para-hydroxylation sites is 1. The summed E-state index contributed by atoms with van der Waals surface area (Å²) in [6.45, 7) is -0.0460. The number of benzene rings is 2. The van der Waals surface area contributed by atoms with E-state index in [1.54, 1.807) is 48.5 Å². The zero-order chi connectivity index (χ0) is 16.7. The molecule has 0 fully saturated rings. The van der Waals surface area contributed by atoms with Gasteiger partial charge in [-0.25, -0.2) is 0 Å². The second kappa shape index (κ2) is 7.67. The number of halogens is 3. The van der Waals surface area contributed by atoms with Crippen LogP contribution in [0.4, 0.5) is 18.9 Å². The average molecular weight is 323 g/mol. The molecule has 0 aliphatic rings. The van der Waals surface area contributed by atoms with Crippen LogP contribution in [0.5, 0.6) is 0 Å². The first-order valence-electron chi connectivity index (χ1n) is 7.03. The van der Waals surface area contributed by atoms with E-state index in [4.69, 9.17) is 4.74 Å². The first-order valence-corrected chi connectivity index (χ1v) is 7.03. The van der Waals surface area contributed by atoms with Gasteiger partial charge in [-0.2, -0.15) is 13.2 Å². The maximum absolute atomic E-state index is 13.1. The normalized spacial score (nSPS) is 12.5. The molecule has 0 amide bonds. The molecule has 0 radical (unpaired) electrons. The van der Waals surface area contributed by atoms with Crippen LogP contribution >= 0.6 is 0 Å². The van der Waals surface area contributed by atoms with E-state index in [2.05, 4.69) is 5.32 Å². The predicted molar refractivity (Wildman–Crippen MR) is 80.8 cm³/mol. The minimum atomic E-state index is -4.55. The molecule has 0 saturated heterocycles. The summed E-state index contributed by atoms with van der Waals surface area (Å²) in [6.07, 6.45) is -5.34. The summed E-state index contributed by atoms with van der Waals surface area (Å²) in [4.78, 5) is 11.7. The minimum absolute atomic E-state index is 0.0460. The van der Waals surface area contributed by atoms with Gasteiger partial charge in [0.1, 0.15) is 12.6 Å². The largest absolute Gasteiger partial charge is 0.461 e. The molecule has 0 aliphatic carbocycles. The fourth-order valence-corrected chi connectivity index (χ4v) is 1.95. The highest BCUT2D eigenvalue weighted by Crippen LogP contribution is 2.26. The highest BCUT2D eigenvalue weighted by Gasteiger charge is 2.41. The molecule has 0 bridgehead atoms. The van der Waals surface area contributed by atoms with Crippen LogP contribution in [-0.2, 0) is 16.1 Å². The zero-order valence-electron chi connectivity index (χ0n) is 12.2. The summed E-state index contributed by atoms with van der Waals surface area (Å²) < 4.78 is 44.1. The maximum atomic E-state index is 13.1. The molecule has 0 unspecified atom stereocenters. The van der Waals surface area contributed by atoms with Crippen molar-refractivity contribution in [1.82, 2.24) is 0 Å². The summed E-state index contributed by atoms with van der Waals surface area (Å²) >= 11 is 0. The number of esters is 1. The number of anilines is 1. The van der Waals surface area contributed by atoms with E-state index in [0.717, 1.165) is 5.56 Å². The Kier molecular flexibility index (Phi) is 5.62. The SMILES string of the molecule is O=C(C[C@@H](Nc1ccccc1)C(F)(F)F)OCc1ccccc1. The Hall–Kier alpha value is -2.50. The highest BCUT2D eigenvalue weighted by atomic mass is 19.4. The molecule has 0 aliphatic heterocycles. The van der Waals surface area contributed by atoms with Gasteiger partial charge in [0, 0.05) is 5.69 Å². The quantitative estimate of drug-likeness (QED) is 0.811. The van der Waals surface area contributed by atoms with Crippen LogP contribution in [-0.4, -0.2) is 18.2 Å². The number of ether oxygens (including phenoxy) is 1. The number of hydrogen-bond acceptors (Lipinski definition) is 3. The topological polar surface area (TPSA) is 38.3 Å². The van der Waals surface area contributed by atoms with E-state index in [1.165, 1.54) is 12.1 Å². The van der Waals surface area contributed by atoms with Crippen LogP contribution in [0.25, 0.3) is 0 Å².